The number of benzene rings is 1. The molecular formula is C19H31ClN2O2. The van der Waals surface area contributed by atoms with Gasteiger partial charge in [-0.05, 0) is 62.4 Å². The van der Waals surface area contributed by atoms with Crippen LogP contribution in [0, 0.1) is 18.8 Å². The van der Waals surface area contributed by atoms with Gasteiger partial charge in [0.2, 0.25) is 5.91 Å². The van der Waals surface area contributed by atoms with Crippen molar-refractivity contribution in [3.63, 3.8) is 0 Å². The largest absolute Gasteiger partial charge is 0.492 e. The Morgan fingerprint density at radius 3 is 2.92 bits per heavy atom. The van der Waals surface area contributed by atoms with Crippen LogP contribution < -0.4 is 10.1 Å². The summed E-state index contributed by atoms with van der Waals surface area (Å²) < 4.78 is 5.73. The lowest BCUT2D eigenvalue weighted by Crippen LogP contribution is -2.37. The molecule has 2 rings (SSSR count). The van der Waals surface area contributed by atoms with Crippen LogP contribution in [0.2, 0.25) is 0 Å². The SMILES string of the molecule is Cc1cccc(OCCN(C)C(=O)CC(C)C2CCCNC2)c1.Cl. The Hall–Kier alpha value is -1.26. The Balaban J connectivity index is 0.00000288. The van der Waals surface area contributed by atoms with Crippen LogP contribution in [0.3, 0.4) is 0 Å². The maximum absolute atomic E-state index is 12.3. The van der Waals surface area contributed by atoms with Crippen LogP contribution in [0.4, 0.5) is 0 Å². The van der Waals surface area contributed by atoms with Gasteiger partial charge in [-0.3, -0.25) is 4.79 Å². The Kier molecular flexibility index (Phi) is 9.16. The molecule has 1 amide bonds. The van der Waals surface area contributed by atoms with Gasteiger partial charge < -0.3 is 15.0 Å². The van der Waals surface area contributed by atoms with Crippen molar-refractivity contribution < 1.29 is 9.53 Å². The van der Waals surface area contributed by atoms with Crippen molar-refractivity contribution in [3.05, 3.63) is 29.8 Å². The van der Waals surface area contributed by atoms with E-state index in [9.17, 15) is 4.79 Å². The maximum Gasteiger partial charge on any atom is 0.222 e. The molecule has 24 heavy (non-hydrogen) atoms. The second-order valence-electron chi connectivity index (χ2n) is 6.77. The third kappa shape index (κ3) is 6.70. The minimum Gasteiger partial charge on any atom is -0.492 e. The minimum absolute atomic E-state index is 0. The number of nitrogens with one attached hydrogen (secondary N) is 1. The maximum atomic E-state index is 12.3. The summed E-state index contributed by atoms with van der Waals surface area (Å²) >= 11 is 0. The summed E-state index contributed by atoms with van der Waals surface area (Å²) in [6.07, 6.45) is 3.10. The smallest absolute Gasteiger partial charge is 0.222 e. The fraction of sp³-hybridized carbons (Fsp3) is 0.632. The van der Waals surface area contributed by atoms with E-state index in [4.69, 9.17) is 4.74 Å². The second-order valence-corrected chi connectivity index (χ2v) is 6.77. The number of nitrogens with zero attached hydrogens (tertiary/aromatic N) is 1. The number of halogens is 1. The molecule has 1 aliphatic rings. The zero-order chi connectivity index (χ0) is 16.7. The molecule has 1 heterocycles. The number of ether oxygens (including phenoxy) is 1. The van der Waals surface area contributed by atoms with Gasteiger partial charge in [-0.25, -0.2) is 0 Å². The predicted molar refractivity (Wildman–Crippen MR) is 101 cm³/mol. The van der Waals surface area contributed by atoms with E-state index in [-0.39, 0.29) is 18.3 Å². The van der Waals surface area contributed by atoms with Crippen LogP contribution in [-0.2, 0) is 4.79 Å². The molecule has 0 aliphatic carbocycles. The lowest BCUT2D eigenvalue weighted by molar-refractivity contribution is -0.131. The van der Waals surface area contributed by atoms with Crippen LogP contribution in [0.25, 0.3) is 0 Å². The normalized spacial score (nSPS) is 18.4. The number of carbonyl (C=O) groups is 1. The third-order valence-corrected chi connectivity index (χ3v) is 4.75. The van der Waals surface area contributed by atoms with Crippen molar-refractivity contribution in [1.29, 1.82) is 0 Å². The molecule has 0 aromatic heterocycles. The molecule has 0 saturated carbocycles. The first-order valence-electron chi connectivity index (χ1n) is 8.70. The van der Waals surface area contributed by atoms with E-state index >= 15 is 0 Å². The molecule has 1 aliphatic heterocycles. The Labute approximate surface area is 152 Å². The average molecular weight is 355 g/mol. The van der Waals surface area contributed by atoms with E-state index in [1.54, 1.807) is 4.90 Å². The Morgan fingerprint density at radius 2 is 2.25 bits per heavy atom. The van der Waals surface area contributed by atoms with Gasteiger partial charge in [0.05, 0.1) is 6.54 Å². The van der Waals surface area contributed by atoms with E-state index in [0.29, 0.717) is 31.4 Å². The summed E-state index contributed by atoms with van der Waals surface area (Å²) in [6.45, 7) is 7.58. The molecule has 4 nitrogen and oxygen atoms in total. The summed E-state index contributed by atoms with van der Waals surface area (Å²) in [5.41, 5.74) is 1.18. The van der Waals surface area contributed by atoms with Gasteiger partial charge in [0.15, 0.2) is 0 Å². The number of amides is 1. The van der Waals surface area contributed by atoms with E-state index in [0.717, 1.165) is 18.8 Å². The quantitative estimate of drug-likeness (QED) is 0.817. The molecule has 1 aromatic carbocycles. The van der Waals surface area contributed by atoms with Gasteiger partial charge in [-0.1, -0.05) is 19.1 Å². The molecule has 1 fully saturated rings. The van der Waals surface area contributed by atoms with Crippen molar-refractivity contribution in [2.75, 3.05) is 33.3 Å². The molecular weight excluding hydrogens is 324 g/mol. The third-order valence-electron chi connectivity index (χ3n) is 4.75. The molecule has 136 valence electrons. The molecule has 1 N–H and O–H groups in total. The zero-order valence-corrected chi connectivity index (χ0v) is 15.9. The highest BCUT2D eigenvalue weighted by molar-refractivity contribution is 5.85. The van der Waals surface area contributed by atoms with Gasteiger partial charge in [0.25, 0.3) is 0 Å². The number of piperidine rings is 1. The van der Waals surface area contributed by atoms with Crippen molar-refractivity contribution in [3.8, 4) is 5.75 Å². The van der Waals surface area contributed by atoms with Gasteiger partial charge >= 0.3 is 0 Å². The van der Waals surface area contributed by atoms with Gasteiger partial charge in [0, 0.05) is 13.5 Å². The second kappa shape index (κ2) is 10.6. The fourth-order valence-corrected chi connectivity index (χ4v) is 3.09. The van der Waals surface area contributed by atoms with Gasteiger partial charge in [0.1, 0.15) is 12.4 Å². The lowest BCUT2D eigenvalue weighted by atomic mass is 9.85. The average Bonchev–Trinajstić information content (AvgIpc) is 2.55. The summed E-state index contributed by atoms with van der Waals surface area (Å²) in [5, 5.41) is 3.43. The molecule has 0 bridgehead atoms. The highest BCUT2D eigenvalue weighted by Crippen LogP contribution is 2.23. The molecule has 5 heteroatoms. The van der Waals surface area contributed by atoms with Gasteiger partial charge in [-0.15, -0.1) is 12.4 Å². The van der Waals surface area contributed by atoms with Crippen LogP contribution in [-0.4, -0.2) is 44.1 Å². The first kappa shape index (κ1) is 20.8. The van der Waals surface area contributed by atoms with Crippen molar-refractivity contribution in [2.45, 2.75) is 33.1 Å². The zero-order valence-electron chi connectivity index (χ0n) is 15.1. The standard InChI is InChI=1S/C19H30N2O2.ClH/c1-15-6-4-8-18(12-15)23-11-10-21(3)19(22)13-16(2)17-7-5-9-20-14-17;/h4,6,8,12,16-17,20H,5,7,9-11,13-14H2,1-3H3;1H. The van der Waals surface area contributed by atoms with E-state index < -0.39 is 0 Å². The van der Waals surface area contributed by atoms with Crippen molar-refractivity contribution in [2.24, 2.45) is 11.8 Å². The van der Waals surface area contributed by atoms with Crippen LogP contribution >= 0.6 is 12.4 Å². The number of hydrogen-bond donors (Lipinski definition) is 1. The summed E-state index contributed by atoms with van der Waals surface area (Å²) in [7, 11) is 1.87. The first-order valence-corrected chi connectivity index (χ1v) is 8.70. The summed E-state index contributed by atoms with van der Waals surface area (Å²) in [5.74, 6) is 2.16. The molecule has 0 radical (unpaired) electrons. The summed E-state index contributed by atoms with van der Waals surface area (Å²) in [4.78, 5) is 14.1. The monoisotopic (exact) mass is 354 g/mol. The Morgan fingerprint density at radius 1 is 1.46 bits per heavy atom. The van der Waals surface area contributed by atoms with Crippen molar-refractivity contribution in [1.82, 2.24) is 10.2 Å². The van der Waals surface area contributed by atoms with E-state index in [2.05, 4.69) is 12.2 Å². The first-order chi connectivity index (χ1) is 11.1. The highest BCUT2D eigenvalue weighted by atomic mass is 35.5. The van der Waals surface area contributed by atoms with E-state index in [1.807, 2.05) is 38.2 Å². The van der Waals surface area contributed by atoms with Crippen molar-refractivity contribution >= 4 is 18.3 Å². The lowest BCUT2D eigenvalue weighted by Gasteiger charge is -2.29. The van der Waals surface area contributed by atoms with Gasteiger partial charge in [-0.2, -0.15) is 0 Å². The molecule has 2 atom stereocenters. The summed E-state index contributed by atoms with van der Waals surface area (Å²) in [6, 6.07) is 8.00. The molecule has 0 spiro atoms. The number of likely N-dealkylation sites (N-methyl/N-ethyl adjacent to an activating group) is 1. The van der Waals surface area contributed by atoms with E-state index in [1.165, 1.54) is 18.4 Å². The Bertz CT molecular complexity index is 504. The molecule has 1 saturated heterocycles. The predicted octanol–water partition coefficient (Wildman–Crippen LogP) is 3.28. The number of carbonyl (C=O) groups excluding carboxylic acids is 1. The van der Waals surface area contributed by atoms with Crippen LogP contribution in [0.15, 0.2) is 24.3 Å². The molecule has 1 aromatic rings. The highest BCUT2D eigenvalue weighted by Gasteiger charge is 2.23. The number of rotatable bonds is 7. The number of hydrogen-bond acceptors (Lipinski definition) is 3. The van der Waals surface area contributed by atoms with Crippen LogP contribution in [0.1, 0.15) is 31.7 Å². The molecule has 2 unspecified atom stereocenters. The topological polar surface area (TPSA) is 41.6 Å². The number of aryl methyl sites for hydroxylation is 1. The van der Waals surface area contributed by atoms with Crippen LogP contribution in [0.5, 0.6) is 5.75 Å². The fourth-order valence-electron chi connectivity index (χ4n) is 3.09. The minimum atomic E-state index is 0.